The standard InChI is InChI=1S/C16H17BrN2OS/c1-2-5-16(12-18,13-4-3-7-19-10-13)6-8-20-15-9-14(17)11-21-15/h3-4,7,9-11H,2,5-6,8H2,1H3. The van der Waals surface area contributed by atoms with Crippen LogP contribution in [0.2, 0.25) is 0 Å². The van der Waals surface area contributed by atoms with Crippen molar-refractivity contribution in [2.24, 2.45) is 0 Å². The predicted molar refractivity (Wildman–Crippen MR) is 88.6 cm³/mol. The average molecular weight is 365 g/mol. The second kappa shape index (κ2) is 7.58. The van der Waals surface area contributed by atoms with Gasteiger partial charge in [0, 0.05) is 34.7 Å². The molecule has 0 aromatic carbocycles. The quantitative estimate of drug-likeness (QED) is 0.698. The van der Waals surface area contributed by atoms with Crippen LogP contribution in [0.4, 0.5) is 0 Å². The lowest BCUT2D eigenvalue weighted by Gasteiger charge is -2.26. The maximum Gasteiger partial charge on any atom is 0.174 e. The van der Waals surface area contributed by atoms with Crippen LogP contribution in [0.5, 0.6) is 5.06 Å². The van der Waals surface area contributed by atoms with Crippen molar-refractivity contribution < 1.29 is 4.74 Å². The molecule has 21 heavy (non-hydrogen) atoms. The van der Waals surface area contributed by atoms with E-state index in [0.717, 1.165) is 27.9 Å². The average Bonchev–Trinajstić information content (AvgIpc) is 2.93. The third-order valence-corrected chi connectivity index (χ3v) is 5.02. The van der Waals surface area contributed by atoms with E-state index in [1.807, 2.05) is 23.6 Å². The fourth-order valence-electron chi connectivity index (χ4n) is 2.36. The Kier molecular flexibility index (Phi) is 5.77. The minimum atomic E-state index is -0.516. The Labute approximate surface area is 137 Å². The highest BCUT2D eigenvalue weighted by atomic mass is 79.9. The number of halogens is 1. The van der Waals surface area contributed by atoms with Gasteiger partial charge >= 0.3 is 0 Å². The van der Waals surface area contributed by atoms with Crippen LogP contribution in [-0.2, 0) is 5.41 Å². The van der Waals surface area contributed by atoms with Crippen molar-refractivity contribution in [3.8, 4) is 11.1 Å². The largest absolute Gasteiger partial charge is 0.484 e. The zero-order chi connectivity index (χ0) is 15.1. The van der Waals surface area contributed by atoms with Crippen LogP contribution in [0.1, 0.15) is 31.7 Å². The number of rotatable bonds is 7. The normalized spacial score (nSPS) is 13.4. The first kappa shape index (κ1) is 16.0. The van der Waals surface area contributed by atoms with Crippen molar-refractivity contribution in [1.29, 1.82) is 5.26 Å². The summed E-state index contributed by atoms with van der Waals surface area (Å²) in [7, 11) is 0. The van der Waals surface area contributed by atoms with Gasteiger partial charge in [-0.1, -0.05) is 19.4 Å². The predicted octanol–water partition coefficient (Wildman–Crippen LogP) is 4.94. The molecular weight excluding hydrogens is 348 g/mol. The van der Waals surface area contributed by atoms with E-state index in [1.165, 1.54) is 0 Å². The molecule has 0 fully saturated rings. The zero-order valence-electron chi connectivity index (χ0n) is 11.9. The molecule has 0 saturated heterocycles. The van der Waals surface area contributed by atoms with Crippen LogP contribution in [0.3, 0.4) is 0 Å². The van der Waals surface area contributed by atoms with Gasteiger partial charge in [-0.25, -0.2) is 0 Å². The van der Waals surface area contributed by atoms with Crippen molar-refractivity contribution in [1.82, 2.24) is 4.98 Å². The number of nitriles is 1. The summed E-state index contributed by atoms with van der Waals surface area (Å²) in [5, 5.41) is 12.6. The summed E-state index contributed by atoms with van der Waals surface area (Å²) in [5.74, 6) is 0. The van der Waals surface area contributed by atoms with Crippen LogP contribution < -0.4 is 4.74 Å². The summed E-state index contributed by atoms with van der Waals surface area (Å²) in [6, 6.07) is 8.31. The molecule has 0 aliphatic heterocycles. The highest BCUT2D eigenvalue weighted by Gasteiger charge is 2.31. The number of aromatic nitrogens is 1. The molecule has 0 radical (unpaired) electrons. The Morgan fingerprint density at radius 2 is 2.33 bits per heavy atom. The van der Waals surface area contributed by atoms with Gasteiger partial charge in [0.1, 0.15) is 0 Å². The molecule has 2 heterocycles. The molecule has 2 aromatic rings. The first-order chi connectivity index (χ1) is 10.2. The fourth-order valence-corrected chi connectivity index (χ4v) is 3.64. The topological polar surface area (TPSA) is 45.9 Å². The van der Waals surface area contributed by atoms with Crippen LogP contribution in [-0.4, -0.2) is 11.6 Å². The number of ether oxygens (including phenoxy) is 1. The molecule has 0 amide bonds. The second-order valence-corrected chi connectivity index (χ2v) is 6.66. The smallest absolute Gasteiger partial charge is 0.174 e. The molecular formula is C16H17BrN2OS. The SMILES string of the molecule is CCCC(C#N)(CCOc1cc(Br)cs1)c1cccnc1. The molecule has 2 aromatic heterocycles. The molecule has 0 saturated carbocycles. The molecule has 2 rings (SSSR count). The van der Waals surface area contributed by atoms with Gasteiger partial charge in [0.2, 0.25) is 0 Å². The van der Waals surface area contributed by atoms with Crippen molar-refractivity contribution in [3.63, 3.8) is 0 Å². The lowest BCUT2D eigenvalue weighted by atomic mass is 9.76. The lowest BCUT2D eigenvalue weighted by molar-refractivity contribution is 0.279. The molecule has 1 atom stereocenters. The molecule has 0 aliphatic rings. The van der Waals surface area contributed by atoms with E-state index >= 15 is 0 Å². The van der Waals surface area contributed by atoms with E-state index in [4.69, 9.17) is 4.74 Å². The Morgan fingerprint density at radius 1 is 1.48 bits per heavy atom. The zero-order valence-corrected chi connectivity index (χ0v) is 14.3. The number of hydrogen-bond acceptors (Lipinski definition) is 4. The van der Waals surface area contributed by atoms with Crippen molar-refractivity contribution >= 4 is 27.3 Å². The van der Waals surface area contributed by atoms with Crippen LogP contribution in [0.25, 0.3) is 0 Å². The molecule has 0 spiro atoms. The fraction of sp³-hybridized carbons (Fsp3) is 0.375. The Morgan fingerprint density at radius 3 is 2.90 bits per heavy atom. The van der Waals surface area contributed by atoms with Gasteiger partial charge in [0.25, 0.3) is 0 Å². The third kappa shape index (κ3) is 4.05. The molecule has 0 bridgehead atoms. The minimum Gasteiger partial charge on any atom is -0.484 e. The number of nitrogens with zero attached hydrogens (tertiary/aromatic N) is 2. The van der Waals surface area contributed by atoms with Crippen molar-refractivity contribution in [2.45, 2.75) is 31.6 Å². The minimum absolute atomic E-state index is 0.516. The molecule has 5 heteroatoms. The van der Waals surface area contributed by atoms with E-state index in [1.54, 1.807) is 23.7 Å². The Balaban J connectivity index is 2.08. The summed E-state index contributed by atoms with van der Waals surface area (Å²) < 4.78 is 6.79. The molecule has 110 valence electrons. The van der Waals surface area contributed by atoms with Gasteiger partial charge in [0.05, 0.1) is 18.1 Å². The van der Waals surface area contributed by atoms with Gasteiger partial charge in [-0.2, -0.15) is 5.26 Å². The van der Waals surface area contributed by atoms with Gasteiger partial charge in [-0.15, -0.1) is 11.3 Å². The van der Waals surface area contributed by atoms with Crippen LogP contribution >= 0.6 is 27.3 Å². The summed E-state index contributed by atoms with van der Waals surface area (Å²) in [5.41, 5.74) is 0.461. The van der Waals surface area contributed by atoms with Crippen molar-refractivity contribution in [2.75, 3.05) is 6.61 Å². The highest BCUT2D eigenvalue weighted by Crippen LogP contribution is 2.33. The monoisotopic (exact) mass is 364 g/mol. The maximum atomic E-state index is 9.72. The van der Waals surface area contributed by atoms with E-state index in [0.29, 0.717) is 13.0 Å². The molecule has 0 N–H and O–H groups in total. The molecule has 1 unspecified atom stereocenters. The van der Waals surface area contributed by atoms with Gasteiger partial charge < -0.3 is 4.74 Å². The lowest BCUT2D eigenvalue weighted by Crippen LogP contribution is -2.26. The Bertz CT molecular complexity index is 608. The Hall–Kier alpha value is -1.38. The van der Waals surface area contributed by atoms with E-state index in [2.05, 4.69) is 33.9 Å². The third-order valence-electron chi connectivity index (χ3n) is 3.42. The first-order valence-electron chi connectivity index (χ1n) is 6.89. The number of pyridine rings is 1. The van der Waals surface area contributed by atoms with Gasteiger partial charge in [0.15, 0.2) is 5.06 Å². The summed E-state index contributed by atoms with van der Waals surface area (Å²) in [4.78, 5) is 4.15. The summed E-state index contributed by atoms with van der Waals surface area (Å²) >= 11 is 4.96. The summed E-state index contributed by atoms with van der Waals surface area (Å²) in [6.45, 7) is 2.62. The van der Waals surface area contributed by atoms with Crippen molar-refractivity contribution in [3.05, 3.63) is 46.0 Å². The van der Waals surface area contributed by atoms with Crippen LogP contribution in [0.15, 0.2) is 40.4 Å². The highest BCUT2D eigenvalue weighted by molar-refractivity contribution is 9.10. The van der Waals surface area contributed by atoms with Gasteiger partial charge in [-0.05, 0) is 34.0 Å². The number of thiophene rings is 1. The van der Waals surface area contributed by atoms with E-state index in [9.17, 15) is 5.26 Å². The number of hydrogen-bond donors (Lipinski definition) is 0. The summed E-state index contributed by atoms with van der Waals surface area (Å²) in [6.07, 6.45) is 5.95. The second-order valence-electron chi connectivity index (χ2n) is 4.87. The molecule has 3 nitrogen and oxygen atoms in total. The van der Waals surface area contributed by atoms with Gasteiger partial charge in [-0.3, -0.25) is 4.98 Å². The van der Waals surface area contributed by atoms with E-state index < -0.39 is 5.41 Å². The maximum absolute atomic E-state index is 9.72. The first-order valence-corrected chi connectivity index (χ1v) is 8.56. The molecule has 0 aliphatic carbocycles. The van der Waals surface area contributed by atoms with E-state index in [-0.39, 0.29) is 0 Å². The van der Waals surface area contributed by atoms with Crippen LogP contribution in [0, 0.1) is 11.3 Å².